The first-order valence-corrected chi connectivity index (χ1v) is 6.38. The summed E-state index contributed by atoms with van der Waals surface area (Å²) in [5, 5.41) is 0. The maximum atomic E-state index is 7.09. The Morgan fingerprint density at radius 1 is 1.26 bits per heavy atom. The molecule has 0 spiro atoms. The molecular formula is C16H14N2O. The minimum absolute atomic E-state index is 0.544. The molecule has 1 saturated carbocycles. The molecule has 3 rings (SSSR count). The van der Waals surface area contributed by atoms with E-state index in [0.29, 0.717) is 17.5 Å². The fourth-order valence-corrected chi connectivity index (χ4v) is 2.04. The molecule has 3 nitrogen and oxygen atoms in total. The number of benzene rings is 1. The van der Waals surface area contributed by atoms with Crippen molar-refractivity contribution in [2.75, 3.05) is 0 Å². The van der Waals surface area contributed by atoms with E-state index in [0.717, 1.165) is 16.9 Å². The summed E-state index contributed by atoms with van der Waals surface area (Å²) in [6.45, 7) is 9.09. The zero-order valence-corrected chi connectivity index (χ0v) is 10.8. The molecule has 0 bridgehead atoms. The highest BCUT2D eigenvalue weighted by Gasteiger charge is 2.27. The van der Waals surface area contributed by atoms with Gasteiger partial charge >= 0.3 is 0 Å². The average molecular weight is 250 g/mol. The van der Waals surface area contributed by atoms with Gasteiger partial charge in [-0.1, -0.05) is 12.1 Å². The van der Waals surface area contributed by atoms with Gasteiger partial charge in [0.15, 0.2) is 5.69 Å². The van der Waals surface area contributed by atoms with Crippen molar-refractivity contribution in [2.24, 2.45) is 0 Å². The van der Waals surface area contributed by atoms with Gasteiger partial charge in [0.1, 0.15) is 5.75 Å². The van der Waals surface area contributed by atoms with Crippen molar-refractivity contribution in [3.05, 3.63) is 59.1 Å². The van der Waals surface area contributed by atoms with E-state index in [4.69, 9.17) is 11.3 Å². The third-order valence-electron chi connectivity index (χ3n) is 3.24. The molecule has 0 amide bonds. The van der Waals surface area contributed by atoms with Crippen molar-refractivity contribution in [2.45, 2.75) is 25.7 Å². The van der Waals surface area contributed by atoms with Crippen molar-refractivity contribution in [1.82, 2.24) is 4.98 Å². The van der Waals surface area contributed by atoms with Crippen LogP contribution in [-0.4, -0.2) is 4.98 Å². The van der Waals surface area contributed by atoms with Gasteiger partial charge in [-0.15, -0.1) is 0 Å². The largest absolute Gasteiger partial charge is 0.439 e. The predicted octanol–water partition coefficient (Wildman–Crippen LogP) is 4.61. The maximum Gasteiger partial charge on any atom is 0.219 e. The highest BCUT2D eigenvalue weighted by atomic mass is 16.5. The van der Waals surface area contributed by atoms with Crippen LogP contribution in [-0.2, 0) is 0 Å². The van der Waals surface area contributed by atoms with E-state index >= 15 is 0 Å². The molecule has 1 aromatic carbocycles. The van der Waals surface area contributed by atoms with Gasteiger partial charge in [0.25, 0.3) is 0 Å². The summed E-state index contributed by atoms with van der Waals surface area (Å²) in [7, 11) is 0. The summed E-state index contributed by atoms with van der Waals surface area (Å²) >= 11 is 0. The topological polar surface area (TPSA) is 26.5 Å². The van der Waals surface area contributed by atoms with Crippen molar-refractivity contribution in [1.29, 1.82) is 0 Å². The summed E-state index contributed by atoms with van der Waals surface area (Å²) in [5.74, 6) is 1.97. The number of ether oxygens (including phenoxy) is 1. The van der Waals surface area contributed by atoms with Gasteiger partial charge in [0.05, 0.1) is 6.57 Å². The highest BCUT2D eigenvalue weighted by Crippen LogP contribution is 2.46. The van der Waals surface area contributed by atoms with Gasteiger partial charge in [-0.3, -0.25) is 0 Å². The smallest absolute Gasteiger partial charge is 0.219 e. The SMILES string of the molecule is [C-]#[N+]c1ccc(Oc2ccc(C)cn2)c(C2CC2)c1. The fourth-order valence-electron chi connectivity index (χ4n) is 2.04. The third kappa shape index (κ3) is 2.58. The Labute approximate surface area is 112 Å². The number of hydrogen-bond donors (Lipinski definition) is 0. The molecule has 3 heteroatoms. The minimum atomic E-state index is 0.544. The normalized spacial score (nSPS) is 13.9. The first-order chi connectivity index (χ1) is 9.26. The molecular weight excluding hydrogens is 236 g/mol. The van der Waals surface area contributed by atoms with Gasteiger partial charge in [0.2, 0.25) is 5.88 Å². The van der Waals surface area contributed by atoms with E-state index in [1.807, 2.05) is 31.2 Å². The molecule has 1 aliphatic rings. The fraction of sp³-hybridized carbons (Fsp3) is 0.250. The van der Waals surface area contributed by atoms with Crippen molar-refractivity contribution < 1.29 is 4.74 Å². The highest BCUT2D eigenvalue weighted by molar-refractivity contribution is 5.54. The Balaban J connectivity index is 1.92. The van der Waals surface area contributed by atoms with Crippen molar-refractivity contribution in [3.8, 4) is 11.6 Å². The zero-order valence-electron chi connectivity index (χ0n) is 10.8. The molecule has 0 aliphatic heterocycles. The Hall–Kier alpha value is -2.34. The molecule has 19 heavy (non-hydrogen) atoms. The van der Waals surface area contributed by atoms with Crippen LogP contribution < -0.4 is 4.74 Å². The van der Waals surface area contributed by atoms with E-state index in [-0.39, 0.29) is 0 Å². The molecule has 1 aromatic heterocycles. The quantitative estimate of drug-likeness (QED) is 0.743. The van der Waals surface area contributed by atoms with Crippen LogP contribution in [0.3, 0.4) is 0 Å². The number of aromatic nitrogens is 1. The predicted molar refractivity (Wildman–Crippen MR) is 73.7 cm³/mol. The van der Waals surface area contributed by atoms with E-state index in [9.17, 15) is 0 Å². The van der Waals surface area contributed by atoms with E-state index in [2.05, 4.69) is 9.83 Å². The lowest BCUT2D eigenvalue weighted by Gasteiger charge is -2.10. The van der Waals surface area contributed by atoms with Crippen molar-refractivity contribution in [3.63, 3.8) is 0 Å². The zero-order chi connectivity index (χ0) is 13.2. The van der Waals surface area contributed by atoms with Crippen LogP contribution in [0.15, 0.2) is 36.5 Å². The Morgan fingerprint density at radius 3 is 2.74 bits per heavy atom. The second-order valence-corrected chi connectivity index (χ2v) is 4.88. The maximum absolute atomic E-state index is 7.09. The summed E-state index contributed by atoms with van der Waals surface area (Å²) < 4.78 is 5.85. The van der Waals surface area contributed by atoms with Crippen LogP contribution in [0, 0.1) is 13.5 Å². The first kappa shape index (κ1) is 11.7. The lowest BCUT2D eigenvalue weighted by Crippen LogP contribution is -1.92. The molecule has 2 aromatic rings. The van der Waals surface area contributed by atoms with Gasteiger partial charge in [-0.25, -0.2) is 9.83 Å². The van der Waals surface area contributed by atoms with E-state index in [1.54, 1.807) is 12.3 Å². The van der Waals surface area contributed by atoms with Crippen LogP contribution in [0.1, 0.15) is 29.9 Å². The molecule has 94 valence electrons. The second kappa shape index (κ2) is 4.74. The number of hydrogen-bond acceptors (Lipinski definition) is 2. The molecule has 0 radical (unpaired) electrons. The summed E-state index contributed by atoms with van der Waals surface area (Å²) in [4.78, 5) is 7.73. The monoisotopic (exact) mass is 250 g/mol. The number of pyridine rings is 1. The van der Waals surface area contributed by atoms with Crippen LogP contribution >= 0.6 is 0 Å². The summed E-state index contributed by atoms with van der Waals surface area (Å²) in [6, 6.07) is 9.46. The standard InChI is InChI=1S/C16H14N2O/c1-11-3-8-16(18-10-11)19-15-7-6-13(17-2)9-14(15)12-4-5-12/h3,6-10,12H,4-5H2,1H3. The lowest BCUT2D eigenvalue weighted by atomic mass is 10.1. The Bertz CT molecular complexity index is 637. The molecule has 1 fully saturated rings. The summed E-state index contributed by atoms with van der Waals surface area (Å²) in [5.41, 5.74) is 2.92. The van der Waals surface area contributed by atoms with Gasteiger partial charge in [-0.05, 0) is 48.9 Å². The number of rotatable bonds is 3. The van der Waals surface area contributed by atoms with Gasteiger partial charge in [-0.2, -0.15) is 0 Å². The number of nitrogens with zero attached hydrogens (tertiary/aromatic N) is 2. The summed E-state index contributed by atoms with van der Waals surface area (Å²) in [6.07, 6.45) is 4.15. The molecule has 0 atom stereocenters. The Kier molecular flexibility index (Phi) is 2.92. The van der Waals surface area contributed by atoms with Crippen LogP contribution in [0.2, 0.25) is 0 Å². The molecule has 1 aliphatic carbocycles. The van der Waals surface area contributed by atoms with Crippen LogP contribution in [0.5, 0.6) is 11.6 Å². The van der Waals surface area contributed by atoms with Crippen LogP contribution in [0.25, 0.3) is 4.85 Å². The molecule has 1 heterocycles. The minimum Gasteiger partial charge on any atom is -0.439 e. The lowest BCUT2D eigenvalue weighted by molar-refractivity contribution is 0.457. The Morgan fingerprint density at radius 2 is 2.11 bits per heavy atom. The molecule has 0 N–H and O–H groups in total. The van der Waals surface area contributed by atoms with E-state index in [1.165, 1.54) is 12.8 Å². The van der Waals surface area contributed by atoms with E-state index < -0.39 is 0 Å². The second-order valence-electron chi connectivity index (χ2n) is 4.88. The first-order valence-electron chi connectivity index (χ1n) is 6.38. The van der Waals surface area contributed by atoms with Gasteiger partial charge < -0.3 is 4.74 Å². The third-order valence-corrected chi connectivity index (χ3v) is 3.24. The van der Waals surface area contributed by atoms with Crippen molar-refractivity contribution >= 4 is 5.69 Å². The molecule has 0 saturated heterocycles. The molecule has 0 unspecified atom stereocenters. The van der Waals surface area contributed by atoms with Crippen LogP contribution in [0.4, 0.5) is 5.69 Å². The number of aryl methyl sites for hydroxylation is 1. The van der Waals surface area contributed by atoms with Gasteiger partial charge in [0, 0.05) is 12.3 Å². The average Bonchev–Trinajstić information content (AvgIpc) is 3.26.